The molecular formula is C25H21NO2. The predicted octanol–water partition coefficient (Wildman–Crippen LogP) is 5.63. The number of hydrogen-bond donors (Lipinski definition) is 1. The topological polar surface area (TPSA) is 42.2 Å². The summed E-state index contributed by atoms with van der Waals surface area (Å²) in [5.74, 6) is -0.916. The third-order valence-electron chi connectivity index (χ3n) is 4.90. The van der Waals surface area contributed by atoms with Gasteiger partial charge in [-0.1, -0.05) is 66.7 Å². The van der Waals surface area contributed by atoms with Gasteiger partial charge in [0.05, 0.1) is 11.3 Å². The van der Waals surface area contributed by atoms with Gasteiger partial charge in [-0.25, -0.2) is 4.79 Å². The highest BCUT2D eigenvalue weighted by atomic mass is 16.4. The molecule has 3 heteroatoms. The smallest absolute Gasteiger partial charge is 0.335 e. The van der Waals surface area contributed by atoms with E-state index in [2.05, 4.69) is 53.1 Å². The predicted molar refractivity (Wildman–Crippen MR) is 112 cm³/mol. The molecule has 0 atom stereocenters. The molecule has 1 aromatic heterocycles. The maximum Gasteiger partial charge on any atom is 0.335 e. The van der Waals surface area contributed by atoms with Crippen LogP contribution in [-0.2, 0) is 12.8 Å². The second-order valence-electron chi connectivity index (χ2n) is 6.75. The second kappa shape index (κ2) is 7.97. The summed E-state index contributed by atoms with van der Waals surface area (Å²) >= 11 is 0. The molecule has 0 saturated carbocycles. The standard InChI is InChI=1S/C25H21NO2/c27-25(28)21-12-7-13-23(18-21)26-22(15-14-19-8-3-1-4-9-19)16-17-24(26)20-10-5-2-6-11-20/h1-13,16-18H,14-15H2,(H,27,28). The minimum atomic E-state index is -0.916. The van der Waals surface area contributed by atoms with E-state index >= 15 is 0 Å². The summed E-state index contributed by atoms with van der Waals surface area (Å²) in [5.41, 5.74) is 5.77. The van der Waals surface area contributed by atoms with Crippen LogP contribution in [0.25, 0.3) is 16.9 Å². The molecule has 0 saturated heterocycles. The van der Waals surface area contributed by atoms with Crippen LogP contribution in [0.4, 0.5) is 0 Å². The van der Waals surface area contributed by atoms with Crippen LogP contribution in [0.3, 0.4) is 0 Å². The molecule has 3 aromatic carbocycles. The first-order chi connectivity index (χ1) is 13.7. The number of aromatic carboxylic acids is 1. The number of rotatable bonds is 6. The molecule has 1 heterocycles. The van der Waals surface area contributed by atoms with E-state index in [9.17, 15) is 9.90 Å². The zero-order valence-electron chi connectivity index (χ0n) is 15.5. The van der Waals surface area contributed by atoms with Gasteiger partial charge in [0.2, 0.25) is 0 Å². The Morgan fingerprint density at radius 3 is 2.18 bits per heavy atom. The molecule has 0 amide bonds. The van der Waals surface area contributed by atoms with Crippen LogP contribution in [0.2, 0.25) is 0 Å². The Morgan fingerprint density at radius 2 is 1.46 bits per heavy atom. The Hall–Kier alpha value is -3.59. The molecule has 0 radical (unpaired) electrons. The van der Waals surface area contributed by atoms with Crippen molar-refractivity contribution < 1.29 is 9.90 Å². The number of carboxylic acids is 1. The lowest BCUT2D eigenvalue weighted by atomic mass is 10.1. The van der Waals surface area contributed by atoms with Gasteiger partial charge in [-0.15, -0.1) is 0 Å². The molecule has 0 aliphatic heterocycles. The first kappa shape index (κ1) is 17.8. The summed E-state index contributed by atoms with van der Waals surface area (Å²) in [6.45, 7) is 0. The molecule has 4 rings (SSSR count). The largest absolute Gasteiger partial charge is 0.478 e. The lowest BCUT2D eigenvalue weighted by Gasteiger charge is -2.15. The Balaban J connectivity index is 1.78. The van der Waals surface area contributed by atoms with Crippen LogP contribution in [0.5, 0.6) is 0 Å². The maximum atomic E-state index is 11.5. The summed E-state index contributed by atoms with van der Waals surface area (Å²) in [5, 5.41) is 9.41. The van der Waals surface area contributed by atoms with Crippen molar-refractivity contribution in [3.63, 3.8) is 0 Å². The fraction of sp³-hybridized carbons (Fsp3) is 0.0800. The maximum absolute atomic E-state index is 11.5. The van der Waals surface area contributed by atoms with Gasteiger partial charge >= 0.3 is 5.97 Å². The van der Waals surface area contributed by atoms with Crippen molar-refractivity contribution in [2.45, 2.75) is 12.8 Å². The molecular weight excluding hydrogens is 346 g/mol. The molecule has 28 heavy (non-hydrogen) atoms. The van der Waals surface area contributed by atoms with Gasteiger partial charge in [0.1, 0.15) is 0 Å². The average molecular weight is 367 g/mol. The highest BCUT2D eigenvalue weighted by Gasteiger charge is 2.13. The van der Waals surface area contributed by atoms with Crippen molar-refractivity contribution in [1.29, 1.82) is 0 Å². The molecule has 0 unspecified atom stereocenters. The minimum absolute atomic E-state index is 0.291. The number of aromatic nitrogens is 1. The summed E-state index contributed by atoms with van der Waals surface area (Å²) in [4.78, 5) is 11.5. The summed E-state index contributed by atoms with van der Waals surface area (Å²) in [7, 11) is 0. The van der Waals surface area contributed by atoms with Gasteiger partial charge < -0.3 is 9.67 Å². The van der Waals surface area contributed by atoms with Crippen molar-refractivity contribution in [3.05, 3.63) is 114 Å². The highest BCUT2D eigenvalue weighted by molar-refractivity contribution is 5.88. The zero-order chi connectivity index (χ0) is 19.3. The van der Waals surface area contributed by atoms with E-state index in [-0.39, 0.29) is 0 Å². The van der Waals surface area contributed by atoms with Gasteiger partial charge in [0.25, 0.3) is 0 Å². The van der Waals surface area contributed by atoms with E-state index in [0.29, 0.717) is 5.56 Å². The number of carboxylic acid groups (broad SMARTS) is 1. The summed E-state index contributed by atoms with van der Waals surface area (Å²) in [6.07, 6.45) is 1.80. The number of carbonyl (C=O) groups is 1. The monoisotopic (exact) mass is 367 g/mol. The van der Waals surface area contributed by atoms with Crippen LogP contribution in [-0.4, -0.2) is 15.6 Å². The number of aryl methyl sites for hydroxylation is 2. The first-order valence-corrected chi connectivity index (χ1v) is 9.36. The van der Waals surface area contributed by atoms with Crippen molar-refractivity contribution in [3.8, 4) is 16.9 Å². The lowest BCUT2D eigenvalue weighted by Crippen LogP contribution is -2.05. The Kier molecular flexibility index (Phi) is 5.07. The lowest BCUT2D eigenvalue weighted by molar-refractivity contribution is 0.0697. The molecule has 138 valence electrons. The SMILES string of the molecule is O=C(O)c1cccc(-n2c(CCc3ccccc3)ccc2-c2ccccc2)c1. The van der Waals surface area contributed by atoms with Crippen molar-refractivity contribution in [2.24, 2.45) is 0 Å². The van der Waals surface area contributed by atoms with E-state index in [1.807, 2.05) is 30.3 Å². The van der Waals surface area contributed by atoms with Gasteiger partial charge in [-0.05, 0) is 54.3 Å². The molecule has 0 aliphatic carbocycles. The van der Waals surface area contributed by atoms with E-state index < -0.39 is 5.97 Å². The number of benzene rings is 3. The van der Waals surface area contributed by atoms with Crippen LogP contribution < -0.4 is 0 Å². The van der Waals surface area contributed by atoms with Crippen LogP contribution in [0.15, 0.2) is 97.1 Å². The number of hydrogen-bond acceptors (Lipinski definition) is 1. The van der Waals surface area contributed by atoms with Gasteiger partial charge in [0.15, 0.2) is 0 Å². The van der Waals surface area contributed by atoms with E-state index in [1.54, 1.807) is 18.2 Å². The first-order valence-electron chi connectivity index (χ1n) is 9.36. The molecule has 4 aromatic rings. The molecule has 0 bridgehead atoms. The van der Waals surface area contributed by atoms with Crippen LogP contribution in [0, 0.1) is 0 Å². The third-order valence-corrected chi connectivity index (χ3v) is 4.90. The highest BCUT2D eigenvalue weighted by Crippen LogP contribution is 2.28. The van der Waals surface area contributed by atoms with Crippen molar-refractivity contribution >= 4 is 5.97 Å². The molecule has 3 nitrogen and oxygen atoms in total. The molecule has 0 fully saturated rings. The van der Waals surface area contributed by atoms with Gasteiger partial charge in [-0.2, -0.15) is 0 Å². The third kappa shape index (κ3) is 3.74. The summed E-state index contributed by atoms with van der Waals surface area (Å²) < 4.78 is 2.17. The van der Waals surface area contributed by atoms with Crippen molar-refractivity contribution in [1.82, 2.24) is 4.57 Å². The fourth-order valence-corrected chi connectivity index (χ4v) is 3.51. The fourth-order valence-electron chi connectivity index (χ4n) is 3.51. The normalized spacial score (nSPS) is 10.7. The second-order valence-corrected chi connectivity index (χ2v) is 6.75. The minimum Gasteiger partial charge on any atom is -0.478 e. The quantitative estimate of drug-likeness (QED) is 0.480. The average Bonchev–Trinajstić information content (AvgIpc) is 3.18. The van der Waals surface area contributed by atoms with E-state index in [1.165, 1.54) is 5.56 Å². The molecule has 0 aliphatic rings. The summed E-state index contributed by atoms with van der Waals surface area (Å²) in [6, 6.07) is 32.0. The number of nitrogens with zero attached hydrogens (tertiary/aromatic N) is 1. The Bertz CT molecular complexity index is 1080. The van der Waals surface area contributed by atoms with Crippen LogP contribution in [0.1, 0.15) is 21.6 Å². The van der Waals surface area contributed by atoms with Crippen molar-refractivity contribution in [2.75, 3.05) is 0 Å². The van der Waals surface area contributed by atoms with Crippen LogP contribution >= 0.6 is 0 Å². The van der Waals surface area contributed by atoms with E-state index in [4.69, 9.17) is 0 Å². The molecule has 1 N–H and O–H groups in total. The molecule has 0 spiro atoms. The van der Waals surface area contributed by atoms with Gasteiger partial charge in [0, 0.05) is 11.4 Å². The van der Waals surface area contributed by atoms with Gasteiger partial charge in [-0.3, -0.25) is 0 Å². The zero-order valence-corrected chi connectivity index (χ0v) is 15.5. The Morgan fingerprint density at radius 1 is 0.750 bits per heavy atom. The van der Waals surface area contributed by atoms with E-state index in [0.717, 1.165) is 35.5 Å². The Labute approximate surface area is 164 Å².